The molecule has 2 atom stereocenters. The second-order valence-corrected chi connectivity index (χ2v) is 4.44. The lowest BCUT2D eigenvalue weighted by molar-refractivity contribution is 0.00641. The van der Waals surface area contributed by atoms with Gasteiger partial charge in [-0.15, -0.1) is 0 Å². The standard InChI is InChI=1S/C13H18O2/c14-10-13(9-5-4-8-12(13)15)11-6-2-1-3-7-11/h1-3,6-7,12,14-15H,4-5,8-10H2/t12-,13-/m1/s1. The summed E-state index contributed by atoms with van der Waals surface area (Å²) in [4.78, 5) is 0. The molecule has 0 bridgehead atoms. The molecule has 0 unspecified atom stereocenters. The Morgan fingerprint density at radius 2 is 1.93 bits per heavy atom. The Kier molecular flexibility index (Phi) is 3.08. The minimum atomic E-state index is -0.417. The molecule has 0 heterocycles. The molecule has 82 valence electrons. The summed E-state index contributed by atoms with van der Waals surface area (Å²) in [5.74, 6) is 0. The molecule has 0 spiro atoms. The first-order valence-corrected chi connectivity index (χ1v) is 5.64. The minimum absolute atomic E-state index is 0.0399. The molecule has 2 rings (SSSR count). The van der Waals surface area contributed by atoms with E-state index >= 15 is 0 Å². The zero-order valence-corrected chi connectivity index (χ0v) is 8.89. The van der Waals surface area contributed by atoms with Crippen molar-refractivity contribution in [3.8, 4) is 0 Å². The Hall–Kier alpha value is -0.860. The highest BCUT2D eigenvalue weighted by Crippen LogP contribution is 2.39. The molecule has 0 amide bonds. The Morgan fingerprint density at radius 1 is 1.20 bits per heavy atom. The van der Waals surface area contributed by atoms with Crippen molar-refractivity contribution in [3.63, 3.8) is 0 Å². The smallest absolute Gasteiger partial charge is 0.0658 e. The van der Waals surface area contributed by atoms with E-state index in [0.717, 1.165) is 31.2 Å². The van der Waals surface area contributed by atoms with Crippen LogP contribution in [0.4, 0.5) is 0 Å². The van der Waals surface area contributed by atoms with Gasteiger partial charge in [-0.05, 0) is 18.4 Å². The third kappa shape index (κ3) is 1.80. The van der Waals surface area contributed by atoms with E-state index in [-0.39, 0.29) is 6.61 Å². The number of rotatable bonds is 2. The fraction of sp³-hybridized carbons (Fsp3) is 0.538. The van der Waals surface area contributed by atoms with Crippen LogP contribution in [0.1, 0.15) is 31.2 Å². The average Bonchev–Trinajstić information content (AvgIpc) is 2.31. The Labute approximate surface area is 90.6 Å². The van der Waals surface area contributed by atoms with E-state index in [1.54, 1.807) is 0 Å². The van der Waals surface area contributed by atoms with Gasteiger partial charge >= 0.3 is 0 Å². The molecule has 1 fully saturated rings. The number of hydrogen-bond donors (Lipinski definition) is 2. The first-order valence-electron chi connectivity index (χ1n) is 5.64. The molecule has 0 saturated heterocycles. The van der Waals surface area contributed by atoms with Gasteiger partial charge in [-0.1, -0.05) is 43.2 Å². The number of hydrogen-bond acceptors (Lipinski definition) is 2. The normalized spacial score (nSPS) is 31.5. The molecule has 0 aromatic heterocycles. The van der Waals surface area contributed by atoms with E-state index in [2.05, 4.69) is 0 Å². The molecule has 2 heteroatoms. The molecule has 15 heavy (non-hydrogen) atoms. The van der Waals surface area contributed by atoms with Crippen molar-refractivity contribution in [1.29, 1.82) is 0 Å². The predicted molar refractivity (Wildman–Crippen MR) is 59.7 cm³/mol. The van der Waals surface area contributed by atoms with Crippen LogP contribution in [0.3, 0.4) is 0 Å². The molecule has 1 saturated carbocycles. The predicted octanol–water partition coefficient (Wildman–Crippen LogP) is 1.85. The van der Waals surface area contributed by atoms with Crippen molar-refractivity contribution in [3.05, 3.63) is 35.9 Å². The molecule has 1 aliphatic carbocycles. The molecule has 1 aliphatic rings. The van der Waals surface area contributed by atoms with Crippen LogP contribution in [0.5, 0.6) is 0 Å². The van der Waals surface area contributed by atoms with Gasteiger partial charge in [-0.3, -0.25) is 0 Å². The molecule has 1 aromatic carbocycles. The summed E-state index contributed by atoms with van der Waals surface area (Å²) in [6.45, 7) is 0.0399. The summed E-state index contributed by atoms with van der Waals surface area (Å²) in [5, 5.41) is 19.7. The molecular weight excluding hydrogens is 188 g/mol. The van der Waals surface area contributed by atoms with Crippen LogP contribution in [-0.2, 0) is 5.41 Å². The second-order valence-electron chi connectivity index (χ2n) is 4.44. The van der Waals surface area contributed by atoms with Gasteiger partial charge in [-0.25, -0.2) is 0 Å². The first kappa shape index (κ1) is 10.7. The van der Waals surface area contributed by atoms with Gasteiger partial charge in [0, 0.05) is 5.41 Å². The van der Waals surface area contributed by atoms with E-state index in [1.807, 2.05) is 30.3 Å². The number of aliphatic hydroxyl groups excluding tert-OH is 2. The summed E-state index contributed by atoms with van der Waals surface area (Å²) >= 11 is 0. The monoisotopic (exact) mass is 206 g/mol. The molecule has 2 nitrogen and oxygen atoms in total. The summed E-state index contributed by atoms with van der Waals surface area (Å²) in [6.07, 6.45) is 3.44. The van der Waals surface area contributed by atoms with Crippen molar-refractivity contribution in [2.24, 2.45) is 0 Å². The average molecular weight is 206 g/mol. The zero-order chi connectivity index (χ0) is 10.7. The minimum Gasteiger partial charge on any atom is -0.395 e. The second kappa shape index (κ2) is 4.33. The van der Waals surface area contributed by atoms with Gasteiger partial charge in [0.1, 0.15) is 0 Å². The van der Waals surface area contributed by atoms with Crippen LogP contribution < -0.4 is 0 Å². The van der Waals surface area contributed by atoms with E-state index in [9.17, 15) is 10.2 Å². The van der Waals surface area contributed by atoms with Gasteiger partial charge in [0.15, 0.2) is 0 Å². The fourth-order valence-corrected chi connectivity index (χ4v) is 2.60. The lowest BCUT2D eigenvalue weighted by Gasteiger charge is -2.40. The van der Waals surface area contributed by atoms with E-state index in [0.29, 0.717) is 0 Å². The van der Waals surface area contributed by atoms with Crippen LogP contribution in [-0.4, -0.2) is 22.9 Å². The maximum absolute atomic E-state index is 10.1. The maximum Gasteiger partial charge on any atom is 0.0658 e. The van der Waals surface area contributed by atoms with Gasteiger partial charge in [0.05, 0.1) is 12.7 Å². The zero-order valence-electron chi connectivity index (χ0n) is 8.89. The van der Waals surface area contributed by atoms with Crippen molar-refractivity contribution >= 4 is 0 Å². The Balaban J connectivity index is 2.35. The van der Waals surface area contributed by atoms with Crippen LogP contribution in [0.15, 0.2) is 30.3 Å². The first-order chi connectivity index (χ1) is 7.29. The summed E-state index contributed by atoms with van der Waals surface area (Å²) in [6, 6.07) is 9.90. The third-order valence-corrected chi connectivity index (χ3v) is 3.62. The Bertz CT molecular complexity index is 310. The highest BCUT2D eigenvalue weighted by molar-refractivity contribution is 5.28. The molecule has 1 aromatic rings. The number of aliphatic hydroxyl groups is 2. The third-order valence-electron chi connectivity index (χ3n) is 3.62. The van der Waals surface area contributed by atoms with Crippen LogP contribution in [0.25, 0.3) is 0 Å². The van der Waals surface area contributed by atoms with Gasteiger partial charge < -0.3 is 10.2 Å². The highest BCUT2D eigenvalue weighted by atomic mass is 16.3. The lowest BCUT2D eigenvalue weighted by Crippen LogP contribution is -2.45. The molecule has 0 aliphatic heterocycles. The van der Waals surface area contributed by atoms with E-state index in [1.165, 1.54) is 0 Å². The molecule has 2 N–H and O–H groups in total. The van der Waals surface area contributed by atoms with Crippen molar-refractivity contribution < 1.29 is 10.2 Å². The maximum atomic E-state index is 10.1. The van der Waals surface area contributed by atoms with Gasteiger partial charge in [0.25, 0.3) is 0 Å². The van der Waals surface area contributed by atoms with Crippen LogP contribution in [0.2, 0.25) is 0 Å². The number of benzene rings is 1. The van der Waals surface area contributed by atoms with Crippen LogP contribution >= 0.6 is 0 Å². The van der Waals surface area contributed by atoms with Gasteiger partial charge in [-0.2, -0.15) is 0 Å². The fourth-order valence-electron chi connectivity index (χ4n) is 2.60. The van der Waals surface area contributed by atoms with E-state index in [4.69, 9.17) is 0 Å². The van der Waals surface area contributed by atoms with Gasteiger partial charge in [0.2, 0.25) is 0 Å². The largest absolute Gasteiger partial charge is 0.395 e. The molecule has 0 radical (unpaired) electrons. The SMILES string of the molecule is OC[C@@]1(c2ccccc2)CCCC[C@H]1O. The highest BCUT2D eigenvalue weighted by Gasteiger charge is 2.40. The summed E-state index contributed by atoms with van der Waals surface area (Å²) in [7, 11) is 0. The van der Waals surface area contributed by atoms with Crippen molar-refractivity contribution in [1.82, 2.24) is 0 Å². The molecular formula is C13H18O2. The Morgan fingerprint density at radius 3 is 2.53 bits per heavy atom. The van der Waals surface area contributed by atoms with E-state index < -0.39 is 11.5 Å². The summed E-state index contributed by atoms with van der Waals surface area (Å²) < 4.78 is 0. The quantitative estimate of drug-likeness (QED) is 0.775. The van der Waals surface area contributed by atoms with Crippen molar-refractivity contribution in [2.45, 2.75) is 37.2 Å². The lowest BCUT2D eigenvalue weighted by atomic mass is 9.68. The summed E-state index contributed by atoms with van der Waals surface area (Å²) in [5.41, 5.74) is 0.652. The van der Waals surface area contributed by atoms with Crippen LogP contribution in [0, 0.1) is 0 Å². The van der Waals surface area contributed by atoms with Crippen molar-refractivity contribution in [2.75, 3.05) is 6.61 Å². The topological polar surface area (TPSA) is 40.5 Å².